The van der Waals surface area contributed by atoms with Crippen LogP contribution < -0.4 is 19.5 Å². The number of amides is 2. The van der Waals surface area contributed by atoms with E-state index < -0.39 is 6.04 Å². The van der Waals surface area contributed by atoms with E-state index in [0.29, 0.717) is 30.2 Å². The van der Waals surface area contributed by atoms with E-state index in [9.17, 15) is 9.59 Å². The highest BCUT2D eigenvalue weighted by Gasteiger charge is 2.29. The van der Waals surface area contributed by atoms with Crippen LogP contribution in [0.15, 0.2) is 42.5 Å². The number of carbonyl (C=O) groups excluding carboxylic acids is 2. The normalized spacial score (nSPS) is 12.4. The number of carbonyl (C=O) groups is 2. The first-order valence-electron chi connectivity index (χ1n) is 11.3. The summed E-state index contributed by atoms with van der Waals surface area (Å²) < 4.78 is 16.3. The first-order chi connectivity index (χ1) is 15.8. The second kappa shape index (κ2) is 12.7. The molecule has 0 aliphatic carbocycles. The number of hydrogen-bond donors (Lipinski definition) is 1. The van der Waals surface area contributed by atoms with Crippen molar-refractivity contribution in [2.24, 2.45) is 0 Å². The number of hydrogen-bond acceptors (Lipinski definition) is 5. The zero-order valence-corrected chi connectivity index (χ0v) is 20.5. The fraction of sp³-hybridized carbons (Fsp3) is 0.462. The minimum absolute atomic E-state index is 0.0301. The van der Waals surface area contributed by atoms with Crippen molar-refractivity contribution in [1.29, 1.82) is 0 Å². The molecule has 1 N–H and O–H groups in total. The Labute approximate surface area is 197 Å². The van der Waals surface area contributed by atoms with Gasteiger partial charge in [-0.2, -0.15) is 0 Å². The van der Waals surface area contributed by atoms with E-state index in [4.69, 9.17) is 14.2 Å². The molecule has 180 valence electrons. The van der Waals surface area contributed by atoms with Gasteiger partial charge in [-0.1, -0.05) is 38.1 Å². The van der Waals surface area contributed by atoms with Crippen LogP contribution in [0.2, 0.25) is 0 Å². The number of nitrogens with one attached hydrogen (secondary N) is 1. The lowest BCUT2D eigenvalue weighted by Gasteiger charge is -2.31. The van der Waals surface area contributed by atoms with Crippen molar-refractivity contribution in [2.75, 3.05) is 20.8 Å². The molecular weight excluding hydrogens is 420 g/mol. The molecule has 2 amide bonds. The van der Waals surface area contributed by atoms with Crippen LogP contribution in [0, 0.1) is 6.92 Å². The van der Waals surface area contributed by atoms with Gasteiger partial charge < -0.3 is 24.4 Å². The molecule has 0 fully saturated rings. The Hall–Kier alpha value is -3.22. The fourth-order valence-corrected chi connectivity index (χ4v) is 3.42. The summed E-state index contributed by atoms with van der Waals surface area (Å²) in [6, 6.07) is 12.4. The SMILES string of the molecule is CCC(C)NC(=O)C(CC)N(Cc1ccccc1C)C(=O)COc1cc(OC)cc(OC)c1. The highest BCUT2D eigenvalue weighted by atomic mass is 16.5. The maximum absolute atomic E-state index is 13.4. The summed E-state index contributed by atoms with van der Waals surface area (Å²) in [5, 5.41) is 3.01. The highest BCUT2D eigenvalue weighted by Crippen LogP contribution is 2.27. The summed E-state index contributed by atoms with van der Waals surface area (Å²) in [5.74, 6) is 1.15. The van der Waals surface area contributed by atoms with E-state index in [1.807, 2.05) is 52.0 Å². The average Bonchev–Trinajstić information content (AvgIpc) is 2.83. The van der Waals surface area contributed by atoms with Gasteiger partial charge in [-0.05, 0) is 37.8 Å². The second-order valence-corrected chi connectivity index (χ2v) is 8.03. The molecule has 0 aliphatic heterocycles. The molecule has 0 radical (unpaired) electrons. The molecule has 2 atom stereocenters. The molecule has 2 unspecified atom stereocenters. The molecule has 33 heavy (non-hydrogen) atoms. The van der Waals surface area contributed by atoms with E-state index in [1.165, 1.54) is 0 Å². The number of rotatable bonds is 12. The standard InChI is InChI=1S/C26H36N2O5/c1-7-19(4)27-26(30)24(8-2)28(16-20-12-10-9-11-18(20)3)25(29)17-33-23-14-21(31-5)13-22(15-23)32-6/h9-15,19,24H,7-8,16-17H2,1-6H3,(H,27,30). The van der Waals surface area contributed by atoms with Crippen LogP contribution in [0.4, 0.5) is 0 Å². The molecular formula is C26H36N2O5. The Bertz CT molecular complexity index is 908. The van der Waals surface area contributed by atoms with Gasteiger partial charge in [-0.15, -0.1) is 0 Å². The Kier molecular flexibility index (Phi) is 10.0. The van der Waals surface area contributed by atoms with Crippen LogP contribution in [-0.2, 0) is 16.1 Å². The Morgan fingerprint density at radius 3 is 2.12 bits per heavy atom. The van der Waals surface area contributed by atoms with Crippen molar-refractivity contribution in [3.05, 3.63) is 53.6 Å². The molecule has 0 spiro atoms. The third kappa shape index (κ3) is 7.41. The third-order valence-electron chi connectivity index (χ3n) is 5.68. The molecule has 0 bridgehead atoms. The Balaban J connectivity index is 2.27. The van der Waals surface area contributed by atoms with Crippen molar-refractivity contribution >= 4 is 11.8 Å². The largest absolute Gasteiger partial charge is 0.496 e. The van der Waals surface area contributed by atoms with Crippen LogP contribution in [0.3, 0.4) is 0 Å². The summed E-state index contributed by atoms with van der Waals surface area (Å²) in [5.41, 5.74) is 2.05. The van der Waals surface area contributed by atoms with Gasteiger partial charge in [0.05, 0.1) is 14.2 Å². The van der Waals surface area contributed by atoms with Gasteiger partial charge in [0.25, 0.3) is 5.91 Å². The fourth-order valence-electron chi connectivity index (χ4n) is 3.42. The van der Waals surface area contributed by atoms with Crippen molar-refractivity contribution in [3.63, 3.8) is 0 Å². The molecule has 2 rings (SSSR count). The maximum Gasteiger partial charge on any atom is 0.261 e. The van der Waals surface area contributed by atoms with E-state index in [1.54, 1.807) is 37.3 Å². The second-order valence-electron chi connectivity index (χ2n) is 8.03. The third-order valence-corrected chi connectivity index (χ3v) is 5.68. The Morgan fingerprint density at radius 1 is 0.970 bits per heavy atom. The van der Waals surface area contributed by atoms with Crippen molar-refractivity contribution in [2.45, 2.75) is 59.2 Å². The van der Waals surface area contributed by atoms with Crippen LogP contribution in [-0.4, -0.2) is 49.6 Å². The molecule has 2 aromatic rings. The molecule has 0 heterocycles. The van der Waals surface area contributed by atoms with Crippen molar-refractivity contribution in [1.82, 2.24) is 10.2 Å². The Morgan fingerprint density at radius 2 is 1.58 bits per heavy atom. The summed E-state index contributed by atoms with van der Waals surface area (Å²) in [7, 11) is 3.10. The summed E-state index contributed by atoms with van der Waals surface area (Å²) >= 11 is 0. The van der Waals surface area contributed by atoms with Gasteiger partial charge in [0.1, 0.15) is 23.3 Å². The number of nitrogens with zero attached hydrogens (tertiary/aromatic N) is 1. The van der Waals surface area contributed by atoms with E-state index in [-0.39, 0.29) is 24.5 Å². The van der Waals surface area contributed by atoms with Gasteiger partial charge in [0, 0.05) is 30.8 Å². The monoisotopic (exact) mass is 456 g/mol. The molecule has 2 aromatic carbocycles. The van der Waals surface area contributed by atoms with Crippen LogP contribution in [0.5, 0.6) is 17.2 Å². The molecule has 0 saturated carbocycles. The van der Waals surface area contributed by atoms with Gasteiger partial charge in [0.2, 0.25) is 5.91 Å². The first kappa shape index (κ1) is 26.0. The molecule has 0 saturated heterocycles. The number of methoxy groups -OCH3 is 2. The number of benzene rings is 2. The summed E-state index contributed by atoms with van der Waals surface area (Å²) in [4.78, 5) is 28.0. The lowest BCUT2D eigenvalue weighted by atomic mass is 10.1. The molecule has 7 nitrogen and oxygen atoms in total. The highest BCUT2D eigenvalue weighted by molar-refractivity contribution is 5.88. The average molecular weight is 457 g/mol. The summed E-state index contributed by atoms with van der Waals surface area (Å²) in [6.45, 7) is 7.98. The smallest absolute Gasteiger partial charge is 0.261 e. The molecule has 0 aliphatic rings. The lowest BCUT2D eigenvalue weighted by Crippen LogP contribution is -2.51. The minimum Gasteiger partial charge on any atom is -0.496 e. The molecule has 0 aromatic heterocycles. The van der Waals surface area contributed by atoms with Crippen molar-refractivity contribution < 1.29 is 23.8 Å². The lowest BCUT2D eigenvalue weighted by molar-refractivity contribution is -0.143. The van der Waals surface area contributed by atoms with Gasteiger partial charge in [-0.3, -0.25) is 9.59 Å². The van der Waals surface area contributed by atoms with Gasteiger partial charge in [-0.25, -0.2) is 0 Å². The van der Waals surface area contributed by atoms with Crippen LogP contribution >= 0.6 is 0 Å². The number of aryl methyl sites for hydroxylation is 1. The quantitative estimate of drug-likeness (QED) is 0.520. The zero-order chi connectivity index (χ0) is 24.4. The number of ether oxygens (including phenoxy) is 3. The topological polar surface area (TPSA) is 77.1 Å². The minimum atomic E-state index is -0.602. The van der Waals surface area contributed by atoms with Gasteiger partial charge in [0.15, 0.2) is 6.61 Å². The van der Waals surface area contributed by atoms with Crippen molar-refractivity contribution in [3.8, 4) is 17.2 Å². The first-order valence-corrected chi connectivity index (χ1v) is 11.3. The predicted octanol–water partition coefficient (Wildman–Crippen LogP) is 4.11. The van der Waals surface area contributed by atoms with E-state index >= 15 is 0 Å². The summed E-state index contributed by atoms with van der Waals surface area (Å²) in [6.07, 6.45) is 1.31. The van der Waals surface area contributed by atoms with Crippen LogP contribution in [0.1, 0.15) is 44.7 Å². The molecule has 7 heteroatoms. The van der Waals surface area contributed by atoms with Crippen LogP contribution in [0.25, 0.3) is 0 Å². The predicted molar refractivity (Wildman–Crippen MR) is 129 cm³/mol. The maximum atomic E-state index is 13.4. The van der Waals surface area contributed by atoms with E-state index in [0.717, 1.165) is 17.5 Å². The zero-order valence-electron chi connectivity index (χ0n) is 20.5. The van der Waals surface area contributed by atoms with Gasteiger partial charge >= 0.3 is 0 Å². The van der Waals surface area contributed by atoms with E-state index in [2.05, 4.69) is 5.32 Å².